The molecule has 1 aromatic rings. The van der Waals surface area contributed by atoms with E-state index in [4.69, 9.17) is 15.9 Å². The van der Waals surface area contributed by atoms with E-state index in [2.05, 4.69) is 22.9 Å². The number of amidine groups is 1. The lowest BCUT2D eigenvalue weighted by atomic mass is 10.2. The fourth-order valence-corrected chi connectivity index (χ4v) is 1.49. The van der Waals surface area contributed by atoms with Gasteiger partial charge in [-0.3, -0.25) is 5.41 Å². The Kier molecular flexibility index (Phi) is 3.95. The minimum Gasteiger partial charge on any atom is -0.492 e. The number of ether oxygens (including phenoxy) is 1. The predicted molar refractivity (Wildman–Crippen MR) is 60.9 cm³/mol. The highest BCUT2D eigenvalue weighted by atomic mass is 79.9. The van der Waals surface area contributed by atoms with E-state index >= 15 is 0 Å². The van der Waals surface area contributed by atoms with Crippen LogP contribution in [0.5, 0.6) is 5.75 Å². The summed E-state index contributed by atoms with van der Waals surface area (Å²) in [5, 5.41) is 7.26. The summed E-state index contributed by atoms with van der Waals surface area (Å²) in [5.74, 6) is 0.851. The number of halogens is 1. The van der Waals surface area contributed by atoms with Crippen LogP contribution in [0, 0.1) is 5.41 Å². The summed E-state index contributed by atoms with van der Waals surface area (Å²) in [5.41, 5.74) is 6.05. The SMILES string of the molecule is CCCOc1ccc(C(=N)N)cc1Br. The van der Waals surface area contributed by atoms with Crippen molar-refractivity contribution in [1.29, 1.82) is 5.41 Å². The number of rotatable bonds is 4. The molecule has 14 heavy (non-hydrogen) atoms. The Bertz CT molecular complexity index is 339. The van der Waals surface area contributed by atoms with E-state index in [1.54, 1.807) is 12.1 Å². The second-order valence-corrected chi connectivity index (χ2v) is 3.76. The van der Waals surface area contributed by atoms with Gasteiger partial charge in [0.1, 0.15) is 11.6 Å². The van der Waals surface area contributed by atoms with E-state index in [0.717, 1.165) is 16.6 Å². The summed E-state index contributed by atoms with van der Waals surface area (Å²) < 4.78 is 6.29. The smallest absolute Gasteiger partial charge is 0.133 e. The molecule has 0 unspecified atom stereocenters. The molecule has 1 rings (SSSR count). The van der Waals surface area contributed by atoms with Gasteiger partial charge in [0.05, 0.1) is 11.1 Å². The van der Waals surface area contributed by atoms with Crippen molar-refractivity contribution < 1.29 is 4.74 Å². The molecule has 0 aliphatic heterocycles. The van der Waals surface area contributed by atoms with Gasteiger partial charge in [-0.25, -0.2) is 0 Å². The molecule has 0 saturated carbocycles. The molecule has 0 bridgehead atoms. The maximum Gasteiger partial charge on any atom is 0.133 e. The van der Waals surface area contributed by atoms with E-state index in [-0.39, 0.29) is 5.84 Å². The topological polar surface area (TPSA) is 59.1 Å². The molecule has 0 radical (unpaired) electrons. The van der Waals surface area contributed by atoms with Crippen LogP contribution in [0.2, 0.25) is 0 Å². The summed E-state index contributed by atoms with van der Waals surface area (Å²) in [6.07, 6.45) is 0.973. The largest absolute Gasteiger partial charge is 0.492 e. The molecule has 0 saturated heterocycles. The summed E-state index contributed by atoms with van der Waals surface area (Å²) in [7, 11) is 0. The fourth-order valence-electron chi connectivity index (χ4n) is 0.997. The third-order valence-corrected chi connectivity index (χ3v) is 2.32. The molecule has 0 spiro atoms. The van der Waals surface area contributed by atoms with Crippen LogP contribution >= 0.6 is 15.9 Å². The molecule has 0 fully saturated rings. The van der Waals surface area contributed by atoms with E-state index < -0.39 is 0 Å². The summed E-state index contributed by atoms with van der Waals surface area (Å²) >= 11 is 3.37. The Morgan fingerprint density at radius 3 is 2.79 bits per heavy atom. The standard InChI is InChI=1S/C10H13BrN2O/c1-2-5-14-9-4-3-7(10(12)13)6-8(9)11/h3-4,6H,2,5H2,1H3,(H3,12,13). The summed E-state index contributed by atoms with van der Waals surface area (Å²) in [6, 6.07) is 5.38. The second-order valence-electron chi connectivity index (χ2n) is 2.91. The first-order valence-electron chi connectivity index (χ1n) is 4.42. The van der Waals surface area contributed by atoms with E-state index in [0.29, 0.717) is 12.2 Å². The number of hydrogen-bond donors (Lipinski definition) is 2. The highest BCUT2D eigenvalue weighted by molar-refractivity contribution is 9.10. The number of nitrogens with one attached hydrogen (secondary N) is 1. The Morgan fingerprint density at radius 1 is 1.57 bits per heavy atom. The highest BCUT2D eigenvalue weighted by Crippen LogP contribution is 2.25. The average molecular weight is 257 g/mol. The lowest BCUT2D eigenvalue weighted by Gasteiger charge is -2.07. The predicted octanol–water partition coefficient (Wildman–Crippen LogP) is 2.52. The van der Waals surface area contributed by atoms with Crippen molar-refractivity contribution in [3.05, 3.63) is 28.2 Å². The molecular formula is C10H13BrN2O. The summed E-state index contributed by atoms with van der Waals surface area (Å²) in [6.45, 7) is 2.75. The lowest BCUT2D eigenvalue weighted by Crippen LogP contribution is -2.10. The second kappa shape index (κ2) is 5.00. The van der Waals surface area contributed by atoms with Crippen LogP contribution in [0.4, 0.5) is 0 Å². The van der Waals surface area contributed by atoms with Crippen molar-refractivity contribution in [2.75, 3.05) is 6.61 Å². The van der Waals surface area contributed by atoms with Gasteiger partial charge in [0.25, 0.3) is 0 Å². The van der Waals surface area contributed by atoms with Crippen LogP contribution in [-0.2, 0) is 0 Å². The van der Waals surface area contributed by atoms with Crippen molar-refractivity contribution >= 4 is 21.8 Å². The average Bonchev–Trinajstić information content (AvgIpc) is 2.15. The normalized spacial score (nSPS) is 9.86. The van der Waals surface area contributed by atoms with Gasteiger partial charge in [-0.05, 0) is 40.5 Å². The quantitative estimate of drug-likeness (QED) is 0.643. The molecule has 3 nitrogen and oxygen atoms in total. The first-order chi connectivity index (χ1) is 6.65. The van der Waals surface area contributed by atoms with E-state index in [1.165, 1.54) is 0 Å². The van der Waals surface area contributed by atoms with Crippen molar-refractivity contribution in [2.45, 2.75) is 13.3 Å². The molecule has 0 aromatic heterocycles. The minimum absolute atomic E-state index is 0.0627. The van der Waals surface area contributed by atoms with Crippen molar-refractivity contribution in [3.63, 3.8) is 0 Å². The van der Waals surface area contributed by atoms with Crippen molar-refractivity contribution in [2.24, 2.45) is 5.73 Å². The summed E-state index contributed by atoms with van der Waals surface area (Å²) in [4.78, 5) is 0. The molecular weight excluding hydrogens is 244 g/mol. The van der Waals surface area contributed by atoms with Crippen LogP contribution < -0.4 is 10.5 Å². The van der Waals surface area contributed by atoms with Crippen LogP contribution in [0.15, 0.2) is 22.7 Å². The zero-order valence-corrected chi connectivity index (χ0v) is 9.60. The Hall–Kier alpha value is -1.03. The van der Waals surface area contributed by atoms with Crippen LogP contribution in [-0.4, -0.2) is 12.4 Å². The molecule has 0 atom stereocenters. The molecule has 0 aliphatic carbocycles. The van der Waals surface area contributed by atoms with Gasteiger partial charge < -0.3 is 10.5 Å². The molecule has 1 aromatic carbocycles. The third kappa shape index (κ3) is 2.73. The molecule has 0 heterocycles. The lowest BCUT2D eigenvalue weighted by molar-refractivity contribution is 0.315. The Labute approximate surface area is 91.9 Å². The molecule has 4 heteroatoms. The van der Waals surface area contributed by atoms with Crippen LogP contribution in [0.3, 0.4) is 0 Å². The zero-order chi connectivity index (χ0) is 10.6. The fraction of sp³-hybridized carbons (Fsp3) is 0.300. The maximum atomic E-state index is 7.26. The maximum absolute atomic E-state index is 7.26. The monoisotopic (exact) mass is 256 g/mol. The van der Waals surface area contributed by atoms with Gasteiger partial charge in [-0.1, -0.05) is 6.92 Å². The van der Waals surface area contributed by atoms with Gasteiger partial charge >= 0.3 is 0 Å². The van der Waals surface area contributed by atoms with Gasteiger partial charge in [0.15, 0.2) is 0 Å². The highest BCUT2D eigenvalue weighted by Gasteiger charge is 2.03. The van der Waals surface area contributed by atoms with Crippen molar-refractivity contribution in [1.82, 2.24) is 0 Å². The van der Waals surface area contributed by atoms with Gasteiger partial charge in [-0.15, -0.1) is 0 Å². The molecule has 0 amide bonds. The van der Waals surface area contributed by atoms with Crippen LogP contribution in [0.1, 0.15) is 18.9 Å². The number of nitrogens with two attached hydrogens (primary N) is 1. The molecule has 76 valence electrons. The van der Waals surface area contributed by atoms with Crippen molar-refractivity contribution in [3.8, 4) is 5.75 Å². The molecule has 0 aliphatic rings. The first kappa shape index (κ1) is 11.0. The molecule has 3 N–H and O–H groups in total. The zero-order valence-electron chi connectivity index (χ0n) is 8.01. The number of benzene rings is 1. The van der Waals surface area contributed by atoms with Crippen LogP contribution in [0.25, 0.3) is 0 Å². The number of hydrogen-bond acceptors (Lipinski definition) is 2. The first-order valence-corrected chi connectivity index (χ1v) is 5.21. The van der Waals surface area contributed by atoms with E-state index in [1.807, 2.05) is 6.07 Å². The van der Waals surface area contributed by atoms with Gasteiger partial charge in [-0.2, -0.15) is 0 Å². The van der Waals surface area contributed by atoms with Gasteiger partial charge in [0.2, 0.25) is 0 Å². The Morgan fingerprint density at radius 2 is 2.29 bits per heavy atom. The minimum atomic E-state index is 0.0627. The Balaban J connectivity index is 2.84. The third-order valence-electron chi connectivity index (χ3n) is 1.70. The van der Waals surface area contributed by atoms with E-state index in [9.17, 15) is 0 Å². The number of nitrogen functional groups attached to an aromatic ring is 1. The van der Waals surface area contributed by atoms with Gasteiger partial charge in [0, 0.05) is 5.56 Å².